The summed E-state index contributed by atoms with van der Waals surface area (Å²) >= 11 is 0. The van der Waals surface area contributed by atoms with Crippen molar-refractivity contribution in [1.29, 1.82) is 0 Å². The van der Waals surface area contributed by atoms with Gasteiger partial charge in [0, 0.05) is 13.1 Å². The van der Waals surface area contributed by atoms with Crippen LogP contribution in [0.25, 0.3) is 0 Å². The van der Waals surface area contributed by atoms with Crippen LogP contribution in [0.15, 0.2) is 60.7 Å². The molecule has 2 aromatic carbocycles. The van der Waals surface area contributed by atoms with Crippen LogP contribution in [0, 0.1) is 0 Å². The van der Waals surface area contributed by atoms with E-state index in [1.807, 2.05) is 60.7 Å². The number of aliphatic carboxylic acids is 1. The van der Waals surface area contributed by atoms with E-state index in [0.29, 0.717) is 51.7 Å². The third-order valence-corrected chi connectivity index (χ3v) is 6.36. The number of rotatable bonds is 19. The number of alkyl carbamates (subject to hydrolysis) is 1. The van der Waals surface area contributed by atoms with Crippen LogP contribution < -0.4 is 27.0 Å². The fraction of sp³-hybridized carbons (Fsp3) is 0.467. The molecule has 11 heteroatoms. The van der Waals surface area contributed by atoms with E-state index in [-0.39, 0.29) is 18.9 Å². The Kier molecular flexibility index (Phi) is 16.0. The van der Waals surface area contributed by atoms with Crippen LogP contribution in [0.1, 0.15) is 56.1 Å². The van der Waals surface area contributed by atoms with Gasteiger partial charge in [0.05, 0.1) is 0 Å². The molecular formula is C30H43N5O6. The van der Waals surface area contributed by atoms with Gasteiger partial charge in [-0.2, -0.15) is 0 Å². The van der Waals surface area contributed by atoms with E-state index in [0.717, 1.165) is 18.4 Å². The van der Waals surface area contributed by atoms with Gasteiger partial charge in [0.1, 0.15) is 18.7 Å². The lowest BCUT2D eigenvalue weighted by Crippen LogP contribution is -2.53. The van der Waals surface area contributed by atoms with Crippen LogP contribution in [0.5, 0.6) is 0 Å². The van der Waals surface area contributed by atoms with Gasteiger partial charge < -0.3 is 36.8 Å². The van der Waals surface area contributed by atoms with E-state index in [9.17, 15) is 24.3 Å². The van der Waals surface area contributed by atoms with Crippen LogP contribution in [0.2, 0.25) is 0 Å². The highest BCUT2D eigenvalue weighted by atomic mass is 16.5. The minimum atomic E-state index is -1.15. The molecule has 0 saturated carbocycles. The maximum atomic E-state index is 12.9. The van der Waals surface area contributed by atoms with Gasteiger partial charge in [-0.3, -0.25) is 4.79 Å². The number of ether oxygens (including phenoxy) is 1. The van der Waals surface area contributed by atoms with Gasteiger partial charge in [0.2, 0.25) is 5.91 Å². The molecule has 0 spiro atoms. The maximum absolute atomic E-state index is 12.9. The predicted octanol–water partition coefficient (Wildman–Crippen LogP) is 3.08. The summed E-state index contributed by atoms with van der Waals surface area (Å²) in [5, 5.41) is 20.1. The molecule has 0 bridgehead atoms. The highest BCUT2D eigenvalue weighted by Gasteiger charge is 2.24. The van der Waals surface area contributed by atoms with E-state index in [4.69, 9.17) is 10.5 Å². The molecule has 7 N–H and O–H groups in total. The summed E-state index contributed by atoms with van der Waals surface area (Å²) in [4.78, 5) is 49.1. The number of unbranched alkanes of at least 4 members (excludes halogenated alkanes) is 2. The number of urea groups is 1. The lowest BCUT2D eigenvalue weighted by atomic mass is 10.1. The molecule has 0 heterocycles. The van der Waals surface area contributed by atoms with Crippen molar-refractivity contribution in [2.75, 3.05) is 19.6 Å². The van der Waals surface area contributed by atoms with Crippen LogP contribution in [-0.4, -0.2) is 60.8 Å². The van der Waals surface area contributed by atoms with Crippen LogP contribution in [0.3, 0.4) is 0 Å². The van der Waals surface area contributed by atoms with Crippen LogP contribution >= 0.6 is 0 Å². The Morgan fingerprint density at radius 1 is 0.732 bits per heavy atom. The molecule has 4 amide bonds. The number of hydrogen-bond donors (Lipinski definition) is 6. The molecule has 41 heavy (non-hydrogen) atoms. The van der Waals surface area contributed by atoms with Crippen molar-refractivity contribution >= 4 is 24.0 Å². The summed E-state index contributed by atoms with van der Waals surface area (Å²) in [6.45, 7) is 1.37. The van der Waals surface area contributed by atoms with Gasteiger partial charge in [0.25, 0.3) is 0 Å². The second kappa shape index (κ2) is 19.9. The SMILES string of the molecule is NCCCCC(NC(=O)N[C@H](CCCCNC(=O)OCc1ccccc1)C(=O)NCCCc1ccccc1)C(=O)O. The van der Waals surface area contributed by atoms with Crippen LogP contribution in [0.4, 0.5) is 9.59 Å². The number of nitrogens with one attached hydrogen (secondary N) is 4. The Hall–Kier alpha value is -4.12. The Labute approximate surface area is 241 Å². The minimum Gasteiger partial charge on any atom is -0.480 e. The summed E-state index contributed by atoms with van der Waals surface area (Å²) in [6, 6.07) is 16.6. The van der Waals surface area contributed by atoms with Crippen LogP contribution in [-0.2, 0) is 27.4 Å². The fourth-order valence-electron chi connectivity index (χ4n) is 4.09. The first-order chi connectivity index (χ1) is 19.9. The van der Waals surface area contributed by atoms with Gasteiger partial charge in [-0.05, 0) is 69.0 Å². The van der Waals surface area contributed by atoms with E-state index >= 15 is 0 Å². The third-order valence-electron chi connectivity index (χ3n) is 6.36. The lowest BCUT2D eigenvalue weighted by Gasteiger charge is -2.21. The van der Waals surface area contributed by atoms with Gasteiger partial charge in [-0.25, -0.2) is 14.4 Å². The molecule has 11 nitrogen and oxygen atoms in total. The van der Waals surface area contributed by atoms with Crippen molar-refractivity contribution in [2.24, 2.45) is 5.73 Å². The Balaban J connectivity index is 1.81. The van der Waals surface area contributed by atoms with Crippen molar-refractivity contribution in [1.82, 2.24) is 21.3 Å². The second-order valence-electron chi connectivity index (χ2n) is 9.71. The Bertz CT molecular complexity index is 1050. The number of benzene rings is 2. The predicted molar refractivity (Wildman–Crippen MR) is 156 cm³/mol. The number of amides is 4. The van der Waals surface area contributed by atoms with Crippen molar-refractivity contribution in [3.63, 3.8) is 0 Å². The second-order valence-corrected chi connectivity index (χ2v) is 9.71. The standard InChI is InChI=1S/C30H43N5O6/c31-19-9-7-18-26(28(37)38)35-29(39)34-25(27(36)32-21-11-16-23-12-3-1-4-13-23)17-8-10-20-33-30(40)41-22-24-14-5-2-6-15-24/h1-6,12-15,25-26H,7-11,16-22,31H2,(H,32,36)(H,33,40)(H,37,38)(H2,34,35,39)/t25-,26?/m1/s1. The molecule has 0 aromatic heterocycles. The molecule has 0 aliphatic carbocycles. The molecule has 224 valence electrons. The first-order valence-electron chi connectivity index (χ1n) is 14.1. The normalized spacial score (nSPS) is 12.0. The van der Waals surface area contributed by atoms with E-state index < -0.39 is 30.2 Å². The summed E-state index contributed by atoms with van der Waals surface area (Å²) in [6.07, 6.45) is 3.83. The Morgan fingerprint density at radius 2 is 1.32 bits per heavy atom. The molecule has 0 radical (unpaired) electrons. The topological polar surface area (TPSA) is 172 Å². The largest absolute Gasteiger partial charge is 0.480 e. The van der Waals surface area contributed by atoms with Gasteiger partial charge >= 0.3 is 18.1 Å². The average Bonchev–Trinajstić information content (AvgIpc) is 2.98. The minimum absolute atomic E-state index is 0.168. The van der Waals surface area contributed by atoms with Gasteiger partial charge in [-0.15, -0.1) is 0 Å². The molecule has 1 unspecified atom stereocenters. The molecule has 0 aliphatic rings. The number of nitrogens with two attached hydrogens (primary N) is 1. The van der Waals surface area contributed by atoms with E-state index in [1.54, 1.807) is 0 Å². The zero-order valence-electron chi connectivity index (χ0n) is 23.5. The number of carbonyl (C=O) groups is 4. The van der Waals surface area contributed by atoms with Crippen molar-refractivity contribution in [2.45, 2.75) is 70.1 Å². The van der Waals surface area contributed by atoms with Gasteiger partial charge in [0.15, 0.2) is 0 Å². The number of carboxylic acid groups (broad SMARTS) is 1. The summed E-state index contributed by atoms with van der Waals surface area (Å²) in [5.41, 5.74) is 7.53. The number of hydrogen-bond acceptors (Lipinski definition) is 6. The number of carboxylic acids is 1. The molecule has 2 atom stereocenters. The first-order valence-corrected chi connectivity index (χ1v) is 14.1. The average molecular weight is 570 g/mol. The molecule has 0 fully saturated rings. The maximum Gasteiger partial charge on any atom is 0.407 e. The van der Waals surface area contributed by atoms with Gasteiger partial charge in [-0.1, -0.05) is 60.7 Å². The first kappa shape index (κ1) is 33.1. The monoisotopic (exact) mass is 569 g/mol. The summed E-state index contributed by atoms with van der Waals surface area (Å²) in [5.74, 6) is -1.50. The Morgan fingerprint density at radius 3 is 1.98 bits per heavy atom. The number of aryl methyl sites for hydroxylation is 1. The molecule has 2 aromatic rings. The lowest BCUT2D eigenvalue weighted by molar-refractivity contribution is -0.139. The van der Waals surface area contributed by atoms with Crippen molar-refractivity contribution < 1.29 is 29.0 Å². The summed E-state index contributed by atoms with van der Waals surface area (Å²) in [7, 11) is 0. The van der Waals surface area contributed by atoms with Crippen molar-refractivity contribution in [3.05, 3.63) is 71.8 Å². The fourth-order valence-corrected chi connectivity index (χ4v) is 4.09. The highest BCUT2D eigenvalue weighted by molar-refractivity contribution is 5.88. The van der Waals surface area contributed by atoms with E-state index in [1.165, 1.54) is 5.56 Å². The number of carbonyl (C=O) groups excluding carboxylic acids is 3. The third kappa shape index (κ3) is 14.7. The quantitative estimate of drug-likeness (QED) is 0.141. The smallest absolute Gasteiger partial charge is 0.407 e. The molecular weight excluding hydrogens is 526 g/mol. The van der Waals surface area contributed by atoms with Crippen molar-refractivity contribution in [3.8, 4) is 0 Å². The van der Waals surface area contributed by atoms with E-state index in [2.05, 4.69) is 21.3 Å². The molecule has 0 aliphatic heterocycles. The zero-order chi connectivity index (χ0) is 29.7. The molecule has 2 rings (SSSR count). The zero-order valence-corrected chi connectivity index (χ0v) is 23.5. The highest BCUT2D eigenvalue weighted by Crippen LogP contribution is 2.06. The summed E-state index contributed by atoms with van der Waals surface area (Å²) < 4.78 is 5.19. The molecule has 0 saturated heterocycles.